The average Bonchev–Trinajstić information content (AvgIpc) is 3.33. The van der Waals surface area contributed by atoms with Crippen LogP contribution in [0.25, 0.3) is 0 Å². The summed E-state index contributed by atoms with van der Waals surface area (Å²) in [5.74, 6) is 7.24. The van der Waals surface area contributed by atoms with Crippen LogP contribution in [0.15, 0.2) is 24.3 Å². The monoisotopic (exact) mass is 436 g/mol. The van der Waals surface area contributed by atoms with Crippen LogP contribution in [0.3, 0.4) is 0 Å². The number of carbonyl (C=O) groups is 2. The van der Waals surface area contributed by atoms with E-state index in [4.69, 9.17) is 4.74 Å². The number of hydrogen-bond acceptors (Lipinski definition) is 4. The molecule has 0 unspecified atom stereocenters. The summed E-state index contributed by atoms with van der Waals surface area (Å²) in [5, 5.41) is 10.0. The molecule has 6 nitrogen and oxygen atoms in total. The summed E-state index contributed by atoms with van der Waals surface area (Å²) in [6.45, 7) is 1.81. The molecule has 0 aromatic heterocycles. The lowest BCUT2D eigenvalue weighted by molar-refractivity contribution is -0.169. The zero-order valence-electron chi connectivity index (χ0n) is 18.5. The maximum atomic E-state index is 13.0. The van der Waals surface area contributed by atoms with Gasteiger partial charge in [-0.3, -0.25) is 9.59 Å². The second-order valence-electron chi connectivity index (χ2n) is 9.62. The second-order valence-corrected chi connectivity index (χ2v) is 9.62. The zero-order chi connectivity index (χ0) is 22.1. The van der Waals surface area contributed by atoms with E-state index in [1.807, 2.05) is 12.1 Å². The Morgan fingerprint density at radius 1 is 1.09 bits per heavy atom. The van der Waals surface area contributed by atoms with Crippen LogP contribution in [-0.2, 0) is 14.3 Å². The van der Waals surface area contributed by atoms with Gasteiger partial charge in [0.1, 0.15) is 0 Å². The molecule has 0 spiro atoms. The fraction of sp³-hybridized carbons (Fsp3) is 0.615. The number of amides is 2. The van der Waals surface area contributed by atoms with Crippen LogP contribution < -0.4 is 0 Å². The van der Waals surface area contributed by atoms with Gasteiger partial charge < -0.3 is 19.6 Å². The van der Waals surface area contributed by atoms with Crippen molar-refractivity contribution in [1.82, 2.24) is 9.80 Å². The Morgan fingerprint density at radius 2 is 1.81 bits per heavy atom. The van der Waals surface area contributed by atoms with E-state index in [9.17, 15) is 14.7 Å². The molecule has 3 heterocycles. The van der Waals surface area contributed by atoms with Gasteiger partial charge in [0.25, 0.3) is 0 Å². The van der Waals surface area contributed by atoms with Crippen LogP contribution in [0, 0.1) is 23.7 Å². The van der Waals surface area contributed by atoms with Crippen molar-refractivity contribution in [3.8, 4) is 11.8 Å². The Kier molecular flexibility index (Phi) is 6.21. The first-order valence-electron chi connectivity index (χ1n) is 12.1. The zero-order valence-corrected chi connectivity index (χ0v) is 18.5. The predicted molar refractivity (Wildman–Crippen MR) is 120 cm³/mol. The SMILES string of the molecule is O=C(C1CCOCC1)N1CC(=O)N2[C@H](CO)[C@H](c3ccc(C#CC4CCCC4)cc3)[C@H]2C1. The van der Waals surface area contributed by atoms with E-state index in [0.717, 1.165) is 24.0 Å². The van der Waals surface area contributed by atoms with E-state index < -0.39 is 0 Å². The molecular weight excluding hydrogens is 404 g/mol. The van der Waals surface area contributed by atoms with Gasteiger partial charge in [0.2, 0.25) is 11.8 Å². The largest absolute Gasteiger partial charge is 0.394 e. The third-order valence-corrected chi connectivity index (χ3v) is 7.71. The Labute approximate surface area is 189 Å². The summed E-state index contributed by atoms with van der Waals surface area (Å²) in [5.41, 5.74) is 2.11. The third-order valence-electron chi connectivity index (χ3n) is 7.71. The molecule has 1 N–H and O–H groups in total. The van der Waals surface area contributed by atoms with Crippen molar-refractivity contribution in [3.63, 3.8) is 0 Å². The van der Waals surface area contributed by atoms with Crippen LogP contribution in [0.1, 0.15) is 55.6 Å². The van der Waals surface area contributed by atoms with E-state index in [1.54, 1.807) is 9.80 Å². The van der Waals surface area contributed by atoms with Gasteiger partial charge >= 0.3 is 0 Å². The standard InChI is InChI=1S/C26H32N2O4/c29-17-23-25(20-9-7-19(8-10-20)6-5-18-3-1-2-4-18)22-15-27(16-24(30)28(22)23)26(31)21-11-13-32-14-12-21/h7-10,18,21-23,25,29H,1-4,11-17H2/t22-,23-,25-/m1/s1. The lowest BCUT2D eigenvalue weighted by atomic mass is 9.73. The number of carbonyl (C=O) groups excluding carboxylic acids is 2. The lowest BCUT2D eigenvalue weighted by Gasteiger charge is -2.59. The molecule has 4 fully saturated rings. The van der Waals surface area contributed by atoms with Crippen molar-refractivity contribution in [2.75, 3.05) is 32.9 Å². The van der Waals surface area contributed by atoms with Gasteiger partial charge in [0.15, 0.2) is 0 Å². The fourth-order valence-electron chi connectivity index (χ4n) is 5.91. The van der Waals surface area contributed by atoms with E-state index in [0.29, 0.717) is 25.7 Å². The molecule has 170 valence electrons. The van der Waals surface area contributed by atoms with Gasteiger partial charge in [0.05, 0.1) is 25.2 Å². The molecule has 0 radical (unpaired) electrons. The molecule has 4 aliphatic rings. The predicted octanol–water partition coefficient (Wildman–Crippen LogP) is 2.15. The van der Waals surface area contributed by atoms with Gasteiger partial charge in [-0.1, -0.05) is 36.8 Å². The molecule has 3 aliphatic heterocycles. The van der Waals surface area contributed by atoms with E-state index >= 15 is 0 Å². The molecule has 5 rings (SSSR count). The van der Waals surface area contributed by atoms with Gasteiger partial charge in [-0.2, -0.15) is 0 Å². The number of aliphatic hydroxyl groups is 1. The molecule has 1 aromatic carbocycles. The quantitative estimate of drug-likeness (QED) is 0.738. The fourth-order valence-corrected chi connectivity index (χ4v) is 5.91. The van der Waals surface area contributed by atoms with Crippen LogP contribution in [0.4, 0.5) is 0 Å². The molecule has 1 saturated carbocycles. The van der Waals surface area contributed by atoms with Crippen LogP contribution in [0.2, 0.25) is 0 Å². The number of rotatable bonds is 3. The number of aliphatic hydroxyl groups excluding tert-OH is 1. The number of fused-ring (bicyclic) bond motifs is 1. The first kappa shape index (κ1) is 21.5. The van der Waals surface area contributed by atoms with Crippen LogP contribution in [0.5, 0.6) is 0 Å². The topological polar surface area (TPSA) is 70.1 Å². The summed E-state index contributed by atoms with van der Waals surface area (Å²) in [6.07, 6.45) is 6.44. The van der Waals surface area contributed by atoms with Gasteiger partial charge in [0, 0.05) is 43.1 Å². The number of hydrogen-bond donors (Lipinski definition) is 1. The molecular formula is C26H32N2O4. The van der Waals surface area contributed by atoms with Crippen molar-refractivity contribution in [2.24, 2.45) is 11.8 Å². The molecule has 2 amide bonds. The van der Waals surface area contributed by atoms with Crippen molar-refractivity contribution < 1.29 is 19.4 Å². The second kappa shape index (κ2) is 9.25. The molecule has 6 heteroatoms. The highest BCUT2D eigenvalue weighted by Gasteiger charge is 2.54. The summed E-state index contributed by atoms with van der Waals surface area (Å²) in [6, 6.07) is 7.95. The smallest absolute Gasteiger partial charge is 0.242 e. The van der Waals surface area contributed by atoms with Crippen LogP contribution >= 0.6 is 0 Å². The Hall–Kier alpha value is -2.36. The van der Waals surface area contributed by atoms with Gasteiger partial charge in [-0.15, -0.1) is 0 Å². The van der Waals surface area contributed by atoms with Gasteiger partial charge in [-0.05, 0) is 43.4 Å². The lowest BCUT2D eigenvalue weighted by Crippen LogP contribution is -2.73. The van der Waals surface area contributed by atoms with Crippen LogP contribution in [-0.4, -0.2) is 71.7 Å². The molecule has 3 saturated heterocycles. The third kappa shape index (κ3) is 4.04. The molecule has 1 aliphatic carbocycles. The van der Waals surface area contributed by atoms with E-state index in [-0.39, 0.29) is 48.9 Å². The Balaban J connectivity index is 1.30. The Bertz CT molecular complexity index is 906. The van der Waals surface area contributed by atoms with Crippen molar-refractivity contribution in [3.05, 3.63) is 35.4 Å². The van der Waals surface area contributed by atoms with Crippen molar-refractivity contribution in [2.45, 2.75) is 56.5 Å². The van der Waals surface area contributed by atoms with Gasteiger partial charge in [-0.25, -0.2) is 0 Å². The first-order chi connectivity index (χ1) is 15.7. The summed E-state index contributed by atoms with van der Waals surface area (Å²) >= 11 is 0. The summed E-state index contributed by atoms with van der Waals surface area (Å²) in [7, 11) is 0. The van der Waals surface area contributed by atoms with Crippen molar-refractivity contribution in [1.29, 1.82) is 0 Å². The molecule has 0 bridgehead atoms. The minimum atomic E-state index is -0.219. The highest BCUT2D eigenvalue weighted by molar-refractivity contribution is 5.88. The highest BCUT2D eigenvalue weighted by Crippen LogP contribution is 2.43. The number of piperazine rings is 1. The maximum absolute atomic E-state index is 13.0. The van der Waals surface area contributed by atoms with E-state index in [1.165, 1.54) is 25.7 Å². The minimum Gasteiger partial charge on any atom is -0.394 e. The number of ether oxygens (including phenoxy) is 1. The average molecular weight is 437 g/mol. The Morgan fingerprint density at radius 3 is 2.50 bits per heavy atom. The highest BCUT2D eigenvalue weighted by atomic mass is 16.5. The normalized spacial score (nSPS) is 28.7. The van der Waals surface area contributed by atoms with E-state index in [2.05, 4.69) is 24.0 Å². The first-order valence-corrected chi connectivity index (χ1v) is 12.1. The number of benzene rings is 1. The number of nitrogens with zero attached hydrogens (tertiary/aromatic N) is 2. The molecule has 1 aromatic rings. The minimum absolute atomic E-state index is 0.0334. The molecule has 3 atom stereocenters. The summed E-state index contributed by atoms with van der Waals surface area (Å²) in [4.78, 5) is 29.4. The van der Waals surface area contributed by atoms with Crippen molar-refractivity contribution >= 4 is 11.8 Å². The summed E-state index contributed by atoms with van der Waals surface area (Å²) < 4.78 is 5.38. The molecule has 32 heavy (non-hydrogen) atoms. The maximum Gasteiger partial charge on any atom is 0.242 e.